The summed E-state index contributed by atoms with van der Waals surface area (Å²) in [5.74, 6) is 0.387. The highest BCUT2D eigenvalue weighted by atomic mass is 15.2. The van der Waals surface area contributed by atoms with Crippen molar-refractivity contribution in [2.24, 2.45) is 0 Å². The fraction of sp³-hybridized carbons (Fsp3) is 0.400. The second-order valence-corrected chi connectivity index (χ2v) is 8.64. The smallest absolute Gasteiger partial charge is 0.0565 e. The van der Waals surface area contributed by atoms with Gasteiger partial charge in [0.1, 0.15) is 0 Å². The summed E-state index contributed by atoms with van der Waals surface area (Å²) in [6.45, 7) is 5.52. The lowest BCUT2D eigenvalue weighted by molar-refractivity contribution is 0.313. The summed E-state index contributed by atoms with van der Waals surface area (Å²) in [6, 6.07) is 18.2. The van der Waals surface area contributed by atoms with Gasteiger partial charge in [-0.25, -0.2) is 0 Å². The van der Waals surface area contributed by atoms with Crippen molar-refractivity contribution in [3.05, 3.63) is 72.1 Å². The van der Waals surface area contributed by atoms with Gasteiger partial charge < -0.3 is 14.7 Å². The van der Waals surface area contributed by atoms with Crippen LogP contribution in [0.15, 0.2) is 60.9 Å². The topological polar surface area (TPSA) is 38.4 Å². The first-order valence-corrected chi connectivity index (χ1v) is 10.9. The van der Waals surface area contributed by atoms with Gasteiger partial charge in [0.05, 0.1) is 6.20 Å². The number of anilines is 1. The summed E-state index contributed by atoms with van der Waals surface area (Å²) in [5.41, 5.74) is 6.46. The average molecular weight is 404 g/mol. The maximum absolute atomic E-state index is 4.07. The molecule has 1 unspecified atom stereocenters. The minimum Gasteiger partial charge on any atom is -0.369 e. The van der Waals surface area contributed by atoms with E-state index in [-0.39, 0.29) is 0 Å². The monoisotopic (exact) mass is 403 g/mol. The molecule has 158 valence electrons. The Morgan fingerprint density at radius 2 is 1.73 bits per heavy atom. The van der Waals surface area contributed by atoms with Crippen LogP contribution in [-0.2, 0) is 0 Å². The first-order valence-electron chi connectivity index (χ1n) is 10.9. The number of H-pyrrole nitrogens is 1. The standard InChI is InChI=1S/C25H33N5/c1-28(2)12-11-25(21-9-7-20(8-10-21)23-18-26-27-19-23)22-5-4-6-24(17-22)30-15-13-29(3)14-16-30/h4-10,17-19,25H,11-16H2,1-3H3,(H,26,27). The van der Waals surface area contributed by atoms with E-state index in [2.05, 4.69) is 94.6 Å². The molecule has 2 aromatic carbocycles. The van der Waals surface area contributed by atoms with Gasteiger partial charge in [-0.15, -0.1) is 0 Å². The molecule has 4 rings (SSSR count). The van der Waals surface area contributed by atoms with E-state index in [1.165, 1.54) is 22.4 Å². The molecule has 1 aliphatic heterocycles. The highest BCUT2D eigenvalue weighted by molar-refractivity contribution is 5.62. The third kappa shape index (κ3) is 4.91. The summed E-state index contributed by atoms with van der Waals surface area (Å²) in [4.78, 5) is 7.20. The van der Waals surface area contributed by atoms with Gasteiger partial charge in [0, 0.05) is 49.5 Å². The zero-order valence-electron chi connectivity index (χ0n) is 18.4. The minimum atomic E-state index is 0.387. The molecule has 5 nitrogen and oxygen atoms in total. The van der Waals surface area contributed by atoms with Gasteiger partial charge in [0.2, 0.25) is 0 Å². The van der Waals surface area contributed by atoms with Gasteiger partial charge in [-0.1, -0.05) is 36.4 Å². The first kappa shape index (κ1) is 20.6. The van der Waals surface area contributed by atoms with Crippen molar-refractivity contribution in [2.75, 3.05) is 58.8 Å². The van der Waals surface area contributed by atoms with E-state index in [1.54, 1.807) is 0 Å². The zero-order chi connectivity index (χ0) is 20.9. The molecule has 3 aromatic rings. The number of likely N-dealkylation sites (N-methyl/N-ethyl adjacent to an activating group) is 1. The van der Waals surface area contributed by atoms with Crippen LogP contribution in [0.25, 0.3) is 11.1 Å². The van der Waals surface area contributed by atoms with E-state index < -0.39 is 0 Å². The molecule has 5 heteroatoms. The number of aromatic nitrogens is 2. The summed E-state index contributed by atoms with van der Waals surface area (Å²) in [6.07, 6.45) is 4.92. The second kappa shape index (κ2) is 9.45. The third-order valence-corrected chi connectivity index (χ3v) is 6.15. The Morgan fingerprint density at radius 3 is 2.40 bits per heavy atom. The summed E-state index contributed by atoms with van der Waals surface area (Å²) in [7, 11) is 6.51. The van der Waals surface area contributed by atoms with Crippen molar-refractivity contribution in [2.45, 2.75) is 12.3 Å². The normalized spacial score (nSPS) is 16.2. The fourth-order valence-corrected chi connectivity index (χ4v) is 4.23. The Hall–Kier alpha value is -2.63. The third-order valence-electron chi connectivity index (χ3n) is 6.15. The quantitative estimate of drug-likeness (QED) is 0.649. The Labute approximate surface area is 180 Å². The molecule has 0 bridgehead atoms. The fourth-order valence-electron chi connectivity index (χ4n) is 4.23. The number of aromatic amines is 1. The average Bonchev–Trinajstić information content (AvgIpc) is 3.30. The Morgan fingerprint density at radius 1 is 0.967 bits per heavy atom. The molecule has 0 radical (unpaired) electrons. The number of hydrogen-bond acceptors (Lipinski definition) is 4. The Balaban J connectivity index is 1.60. The van der Waals surface area contributed by atoms with Crippen LogP contribution in [0.5, 0.6) is 0 Å². The number of benzene rings is 2. The molecule has 30 heavy (non-hydrogen) atoms. The highest BCUT2D eigenvalue weighted by Gasteiger charge is 2.18. The van der Waals surface area contributed by atoms with E-state index in [0.717, 1.165) is 44.7 Å². The Kier molecular flexibility index (Phi) is 6.50. The molecule has 1 fully saturated rings. The zero-order valence-corrected chi connectivity index (χ0v) is 18.4. The predicted molar refractivity (Wildman–Crippen MR) is 125 cm³/mol. The summed E-state index contributed by atoms with van der Waals surface area (Å²) < 4.78 is 0. The molecule has 1 aliphatic rings. The van der Waals surface area contributed by atoms with Gasteiger partial charge in [-0.3, -0.25) is 5.10 Å². The van der Waals surface area contributed by atoms with Crippen LogP contribution >= 0.6 is 0 Å². The minimum absolute atomic E-state index is 0.387. The second-order valence-electron chi connectivity index (χ2n) is 8.64. The molecule has 1 atom stereocenters. The van der Waals surface area contributed by atoms with E-state index in [4.69, 9.17) is 0 Å². The number of nitrogens with zero attached hydrogens (tertiary/aromatic N) is 4. The van der Waals surface area contributed by atoms with E-state index >= 15 is 0 Å². The molecular weight excluding hydrogens is 370 g/mol. The van der Waals surface area contributed by atoms with Crippen molar-refractivity contribution in [1.29, 1.82) is 0 Å². The van der Waals surface area contributed by atoms with Crippen molar-refractivity contribution < 1.29 is 0 Å². The van der Waals surface area contributed by atoms with Gasteiger partial charge in [-0.2, -0.15) is 5.10 Å². The van der Waals surface area contributed by atoms with Crippen molar-refractivity contribution >= 4 is 5.69 Å². The lowest BCUT2D eigenvalue weighted by atomic mass is 9.87. The predicted octanol–water partition coefficient (Wildman–Crippen LogP) is 3.91. The van der Waals surface area contributed by atoms with Crippen LogP contribution in [0.3, 0.4) is 0 Å². The number of rotatable bonds is 7. The lowest BCUT2D eigenvalue weighted by Crippen LogP contribution is -2.44. The molecule has 1 N–H and O–H groups in total. The Bertz CT molecular complexity index is 909. The molecule has 1 aromatic heterocycles. The molecule has 0 spiro atoms. The first-order chi connectivity index (χ1) is 14.6. The van der Waals surface area contributed by atoms with Crippen molar-refractivity contribution in [3.8, 4) is 11.1 Å². The van der Waals surface area contributed by atoms with Gasteiger partial charge in [0.25, 0.3) is 0 Å². The SMILES string of the molecule is CN(C)CCC(c1ccc(-c2cn[nH]c2)cc1)c1cccc(N2CCN(C)CC2)c1. The lowest BCUT2D eigenvalue weighted by Gasteiger charge is -2.34. The van der Waals surface area contributed by atoms with Crippen molar-refractivity contribution in [1.82, 2.24) is 20.0 Å². The van der Waals surface area contributed by atoms with E-state index in [9.17, 15) is 0 Å². The summed E-state index contributed by atoms with van der Waals surface area (Å²) in [5, 5.41) is 6.97. The van der Waals surface area contributed by atoms with Crippen LogP contribution in [0.1, 0.15) is 23.5 Å². The van der Waals surface area contributed by atoms with Crippen LogP contribution in [0.2, 0.25) is 0 Å². The maximum atomic E-state index is 4.07. The van der Waals surface area contributed by atoms with Gasteiger partial charge in [0.15, 0.2) is 0 Å². The maximum Gasteiger partial charge on any atom is 0.0565 e. The summed E-state index contributed by atoms with van der Waals surface area (Å²) >= 11 is 0. The number of hydrogen-bond donors (Lipinski definition) is 1. The van der Waals surface area contributed by atoms with E-state index in [0.29, 0.717) is 5.92 Å². The number of piperazine rings is 1. The highest BCUT2D eigenvalue weighted by Crippen LogP contribution is 2.32. The largest absolute Gasteiger partial charge is 0.369 e. The van der Waals surface area contributed by atoms with E-state index in [1.807, 2.05) is 12.4 Å². The molecule has 0 saturated carbocycles. The molecule has 2 heterocycles. The van der Waals surface area contributed by atoms with Gasteiger partial charge in [-0.05, 0) is 62.9 Å². The van der Waals surface area contributed by atoms with Crippen LogP contribution in [-0.4, -0.2) is 73.9 Å². The molecular formula is C25H33N5. The molecule has 1 saturated heterocycles. The molecule has 0 amide bonds. The van der Waals surface area contributed by atoms with Crippen LogP contribution in [0, 0.1) is 0 Å². The van der Waals surface area contributed by atoms with Crippen LogP contribution in [0.4, 0.5) is 5.69 Å². The van der Waals surface area contributed by atoms with Crippen molar-refractivity contribution in [3.63, 3.8) is 0 Å². The van der Waals surface area contributed by atoms with Crippen LogP contribution < -0.4 is 4.90 Å². The van der Waals surface area contributed by atoms with Gasteiger partial charge >= 0.3 is 0 Å². The molecule has 0 aliphatic carbocycles. The number of nitrogens with one attached hydrogen (secondary N) is 1.